The number of likely N-dealkylation sites (tertiary alicyclic amines) is 1. The van der Waals surface area contributed by atoms with Crippen LogP contribution in [0.4, 0.5) is 5.82 Å². The van der Waals surface area contributed by atoms with Crippen LogP contribution < -0.4 is 10.6 Å². The molecule has 11 nitrogen and oxygen atoms in total. The molecule has 1 aromatic carbocycles. The summed E-state index contributed by atoms with van der Waals surface area (Å²) in [5.74, 6) is 0.0511. The van der Waals surface area contributed by atoms with Gasteiger partial charge in [-0.05, 0) is 55.6 Å². The highest BCUT2D eigenvalue weighted by atomic mass is 16.4. The number of oxime groups is 1. The zero-order valence-corrected chi connectivity index (χ0v) is 22.3. The lowest BCUT2D eigenvalue weighted by Crippen LogP contribution is -2.53. The standard InChI is InChI=1S/C28H37N7O4/c1-19(33-39)27(38)35-10-7-28(8-11-35)13-22(14-28)32-25-12-24(30-18-31-25)26(37)29-15-23(36)17-34-9-6-20-4-2-3-5-21(20)16-34/h2-5,12,18,22-23,36,39H,6-11,13-17H2,1H3,(H,29,37)(H,30,31,32)/b33-19-/t23-/m0/s1. The van der Waals surface area contributed by atoms with E-state index < -0.39 is 6.10 Å². The van der Waals surface area contributed by atoms with E-state index in [2.05, 4.69) is 48.9 Å². The summed E-state index contributed by atoms with van der Waals surface area (Å²) >= 11 is 0. The number of carbonyl (C=O) groups excluding carboxylic acids is 2. The molecule has 0 bridgehead atoms. The van der Waals surface area contributed by atoms with Crippen molar-refractivity contribution in [3.05, 3.63) is 53.5 Å². The van der Waals surface area contributed by atoms with Crippen LogP contribution in [0.2, 0.25) is 0 Å². The third-order valence-corrected chi connectivity index (χ3v) is 8.36. The van der Waals surface area contributed by atoms with E-state index >= 15 is 0 Å². The number of benzene rings is 1. The number of anilines is 1. The number of fused-ring (bicyclic) bond motifs is 1. The number of β-amino-alcohol motifs (C(OH)–C–C–N with tert-alkyl or cyclic N) is 1. The number of amides is 2. The summed E-state index contributed by atoms with van der Waals surface area (Å²) in [6, 6.07) is 10.3. The minimum Gasteiger partial charge on any atom is -0.410 e. The second-order valence-electron chi connectivity index (χ2n) is 11.1. The highest BCUT2D eigenvalue weighted by Crippen LogP contribution is 2.49. The van der Waals surface area contributed by atoms with Gasteiger partial charge in [0, 0.05) is 51.4 Å². The van der Waals surface area contributed by atoms with Gasteiger partial charge in [0.25, 0.3) is 11.8 Å². The van der Waals surface area contributed by atoms with E-state index in [9.17, 15) is 14.7 Å². The van der Waals surface area contributed by atoms with E-state index in [1.54, 1.807) is 11.0 Å². The third kappa shape index (κ3) is 6.36. The zero-order valence-electron chi connectivity index (χ0n) is 22.3. The summed E-state index contributed by atoms with van der Waals surface area (Å²) in [5, 5.41) is 28.6. The SMILES string of the molecule is C/C(=N/O)C(=O)N1CCC2(CC1)CC(Nc1cc(C(=O)NC[C@H](O)CN3CCc4ccccc4C3)ncn1)C2. The van der Waals surface area contributed by atoms with Crippen molar-refractivity contribution < 1.29 is 19.9 Å². The van der Waals surface area contributed by atoms with Gasteiger partial charge in [-0.2, -0.15) is 0 Å². The molecule has 1 atom stereocenters. The predicted molar refractivity (Wildman–Crippen MR) is 146 cm³/mol. The fourth-order valence-corrected chi connectivity index (χ4v) is 6.09. The molecule has 2 aromatic rings. The molecule has 2 amide bonds. The van der Waals surface area contributed by atoms with E-state index in [0.717, 1.165) is 45.2 Å². The first-order valence-corrected chi connectivity index (χ1v) is 13.7. The number of aromatic nitrogens is 2. The van der Waals surface area contributed by atoms with Crippen LogP contribution in [-0.4, -0.2) is 92.5 Å². The fourth-order valence-electron chi connectivity index (χ4n) is 6.09. The van der Waals surface area contributed by atoms with Gasteiger partial charge in [0.1, 0.15) is 23.6 Å². The largest absolute Gasteiger partial charge is 0.410 e. The van der Waals surface area contributed by atoms with E-state index in [1.807, 2.05) is 6.07 Å². The van der Waals surface area contributed by atoms with Crippen molar-refractivity contribution in [3.8, 4) is 0 Å². The molecule has 0 unspecified atom stereocenters. The van der Waals surface area contributed by atoms with Gasteiger partial charge in [0.15, 0.2) is 0 Å². The lowest BCUT2D eigenvalue weighted by molar-refractivity contribution is -0.127. The molecule has 1 spiro atoms. The van der Waals surface area contributed by atoms with Crippen LogP contribution >= 0.6 is 0 Å². The Kier molecular flexibility index (Phi) is 8.08. The van der Waals surface area contributed by atoms with Crippen LogP contribution in [0.5, 0.6) is 0 Å². The molecule has 0 radical (unpaired) electrons. The van der Waals surface area contributed by atoms with Gasteiger partial charge >= 0.3 is 0 Å². The first-order valence-electron chi connectivity index (χ1n) is 13.7. The number of nitrogens with zero attached hydrogens (tertiary/aromatic N) is 5. The van der Waals surface area contributed by atoms with Gasteiger partial charge in [0.05, 0.1) is 6.10 Å². The van der Waals surface area contributed by atoms with Crippen molar-refractivity contribution in [2.24, 2.45) is 10.6 Å². The molecular weight excluding hydrogens is 498 g/mol. The van der Waals surface area contributed by atoms with E-state index in [1.165, 1.54) is 24.4 Å². The molecule has 2 aliphatic heterocycles. The molecule has 1 aliphatic carbocycles. The number of nitrogens with one attached hydrogen (secondary N) is 2. The molecule has 3 aliphatic rings. The molecule has 5 rings (SSSR count). The van der Waals surface area contributed by atoms with Gasteiger partial charge in [0.2, 0.25) is 0 Å². The van der Waals surface area contributed by atoms with Gasteiger partial charge in [-0.1, -0.05) is 29.4 Å². The van der Waals surface area contributed by atoms with Crippen molar-refractivity contribution in [2.45, 2.75) is 57.7 Å². The molecular formula is C28H37N7O4. The van der Waals surface area contributed by atoms with Gasteiger partial charge in [-0.15, -0.1) is 0 Å². The number of rotatable bonds is 8. The Labute approximate surface area is 228 Å². The van der Waals surface area contributed by atoms with Crippen LogP contribution in [0.1, 0.15) is 54.2 Å². The van der Waals surface area contributed by atoms with Crippen LogP contribution in [-0.2, 0) is 17.8 Å². The van der Waals surface area contributed by atoms with Crippen LogP contribution in [0.25, 0.3) is 0 Å². The minimum atomic E-state index is -0.675. The number of aliphatic hydroxyl groups excluding tert-OH is 1. The molecule has 3 heterocycles. The quantitative estimate of drug-likeness (QED) is 0.227. The third-order valence-electron chi connectivity index (χ3n) is 8.36. The van der Waals surface area contributed by atoms with Crippen molar-refractivity contribution in [2.75, 3.05) is 38.0 Å². The molecule has 39 heavy (non-hydrogen) atoms. The van der Waals surface area contributed by atoms with E-state index in [0.29, 0.717) is 25.5 Å². The Morgan fingerprint density at radius 2 is 1.90 bits per heavy atom. The van der Waals surface area contributed by atoms with Crippen LogP contribution in [0.3, 0.4) is 0 Å². The second-order valence-corrected chi connectivity index (χ2v) is 11.1. The highest BCUT2D eigenvalue weighted by molar-refractivity contribution is 6.37. The van der Waals surface area contributed by atoms with Crippen molar-refractivity contribution >= 4 is 23.3 Å². The highest BCUT2D eigenvalue weighted by Gasteiger charge is 2.46. The zero-order chi connectivity index (χ0) is 27.4. The summed E-state index contributed by atoms with van der Waals surface area (Å²) in [6.45, 7) is 5.18. The summed E-state index contributed by atoms with van der Waals surface area (Å²) in [4.78, 5) is 37.3. The molecule has 11 heteroatoms. The Balaban J connectivity index is 1.05. The predicted octanol–water partition coefficient (Wildman–Crippen LogP) is 1.66. The average Bonchev–Trinajstić information content (AvgIpc) is 2.94. The van der Waals surface area contributed by atoms with Crippen LogP contribution in [0.15, 0.2) is 41.8 Å². The number of hydrogen-bond donors (Lipinski definition) is 4. The number of hydrogen-bond acceptors (Lipinski definition) is 9. The topological polar surface area (TPSA) is 143 Å². The van der Waals surface area contributed by atoms with Gasteiger partial charge in [-0.3, -0.25) is 14.5 Å². The Morgan fingerprint density at radius 1 is 1.15 bits per heavy atom. The molecule has 2 fully saturated rings. The van der Waals surface area contributed by atoms with Gasteiger partial charge < -0.3 is 25.8 Å². The lowest BCUT2D eigenvalue weighted by atomic mass is 9.60. The average molecular weight is 536 g/mol. The van der Waals surface area contributed by atoms with E-state index in [4.69, 9.17) is 5.21 Å². The van der Waals surface area contributed by atoms with E-state index in [-0.39, 0.29) is 41.2 Å². The first-order chi connectivity index (χ1) is 18.8. The molecule has 1 saturated heterocycles. The van der Waals surface area contributed by atoms with Gasteiger partial charge in [-0.25, -0.2) is 9.97 Å². The Hall–Kier alpha value is -3.57. The first kappa shape index (κ1) is 27.0. The summed E-state index contributed by atoms with van der Waals surface area (Å²) in [5.41, 5.74) is 3.24. The molecule has 1 aromatic heterocycles. The molecule has 4 N–H and O–H groups in total. The fraction of sp³-hybridized carbons (Fsp3) is 0.536. The Bertz CT molecular complexity index is 1220. The summed E-state index contributed by atoms with van der Waals surface area (Å²) in [7, 11) is 0. The normalized spacial score (nSPS) is 20.2. The number of piperidine rings is 1. The maximum absolute atomic E-state index is 12.7. The van der Waals surface area contributed by atoms with Crippen molar-refractivity contribution in [1.82, 2.24) is 25.1 Å². The number of carbonyl (C=O) groups is 2. The monoisotopic (exact) mass is 535 g/mol. The second kappa shape index (κ2) is 11.7. The molecule has 1 saturated carbocycles. The maximum Gasteiger partial charge on any atom is 0.271 e. The number of aliphatic hydroxyl groups is 1. The Morgan fingerprint density at radius 3 is 2.64 bits per heavy atom. The smallest absolute Gasteiger partial charge is 0.271 e. The lowest BCUT2D eigenvalue weighted by Gasteiger charge is -2.52. The molecule has 208 valence electrons. The van der Waals surface area contributed by atoms with Crippen LogP contribution in [0, 0.1) is 5.41 Å². The van der Waals surface area contributed by atoms with Crippen molar-refractivity contribution in [1.29, 1.82) is 0 Å². The summed E-state index contributed by atoms with van der Waals surface area (Å²) < 4.78 is 0. The summed E-state index contributed by atoms with van der Waals surface area (Å²) in [6.07, 6.45) is 5.44. The minimum absolute atomic E-state index is 0.116. The van der Waals surface area contributed by atoms with Crippen molar-refractivity contribution in [3.63, 3.8) is 0 Å². The maximum atomic E-state index is 12.7.